The van der Waals surface area contributed by atoms with Crippen LogP contribution in [0.4, 0.5) is 5.82 Å². The van der Waals surface area contributed by atoms with Crippen LogP contribution in [0.2, 0.25) is 10.0 Å². The quantitative estimate of drug-likeness (QED) is 0.695. The third kappa shape index (κ3) is 2.79. The van der Waals surface area contributed by atoms with Crippen LogP contribution in [0.1, 0.15) is 5.56 Å². The maximum atomic E-state index is 5.97. The van der Waals surface area contributed by atoms with Crippen molar-refractivity contribution in [2.24, 2.45) is 5.10 Å². The van der Waals surface area contributed by atoms with E-state index >= 15 is 0 Å². The molecule has 20 heavy (non-hydrogen) atoms. The van der Waals surface area contributed by atoms with Crippen molar-refractivity contribution in [3.8, 4) is 11.5 Å². The number of fused-ring (bicyclic) bond motifs is 1. The number of hydrogen-bond acceptors (Lipinski definition) is 5. The summed E-state index contributed by atoms with van der Waals surface area (Å²) >= 11 is 11.7. The molecule has 1 aliphatic heterocycles. The van der Waals surface area contributed by atoms with E-state index in [1.807, 2.05) is 18.2 Å². The van der Waals surface area contributed by atoms with Crippen molar-refractivity contribution < 1.29 is 9.47 Å². The number of halogens is 2. The Morgan fingerprint density at radius 1 is 1.20 bits per heavy atom. The molecule has 1 N–H and O–H groups in total. The molecule has 0 aliphatic carbocycles. The molecule has 3 rings (SSSR count). The first-order chi connectivity index (χ1) is 9.72. The molecule has 7 heteroatoms. The minimum Gasteiger partial charge on any atom is -0.454 e. The first-order valence-electron chi connectivity index (χ1n) is 5.72. The van der Waals surface area contributed by atoms with Gasteiger partial charge in [0.25, 0.3) is 0 Å². The lowest BCUT2D eigenvalue weighted by atomic mass is 10.2. The number of ether oxygens (including phenoxy) is 2. The summed E-state index contributed by atoms with van der Waals surface area (Å²) in [5, 5.41) is 4.94. The second-order valence-corrected chi connectivity index (χ2v) is 4.81. The zero-order valence-electron chi connectivity index (χ0n) is 10.1. The molecule has 2 aromatic rings. The molecule has 0 saturated heterocycles. The third-order valence-electron chi connectivity index (χ3n) is 2.59. The summed E-state index contributed by atoms with van der Waals surface area (Å²) in [6.07, 6.45) is 3.13. The standard InChI is InChI=1S/C13H9Cl2N3O2/c14-9-4-10(15)13(16-6-9)18-17-5-8-1-2-11-12(3-8)20-7-19-11/h1-6H,7H2,(H,16,18)/b17-5+. The summed E-state index contributed by atoms with van der Waals surface area (Å²) in [6.45, 7) is 0.248. The summed E-state index contributed by atoms with van der Waals surface area (Å²) in [6, 6.07) is 7.13. The Hall–Kier alpha value is -1.98. The molecular formula is C13H9Cl2N3O2. The first-order valence-corrected chi connectivity index (χ1v) is 6.48. The Bertz CT molecular complexity index is 677. The maximum absolute atomic E-state index is 5.97. The number of rotatable bonds is 3. The Labute approximate surface area is 125 Å². The maximum Gasteiger partial charge on any atom is 0.231 e. The van der Waals surface area contributed by atoms with Gasteiger partial charge in [-0.3, -0.25) is 5.43 Å². The number of pyridine rings is 1. The topological polar surface area (TPSA) is 55.7 Å². The minimum absolute atomic E-state index is 0.248. The Morgan fingerprint density at radius 2 is 2.05 bits per heavy atom. The number of hydrazone groups is 1. The molecule has 0 saturated carbocycles. The minimum atomic E-state index is 0.248. The fraction of sp³-hybridized carbons (Fsp3) is 0.0769. The number of hydrogen-bond donors (Lipinski definition) is 1. The zero-order valence-corrected chi connectivity index (χ0v) is 11.6. The SMILES string of the molecule is Clc1cnc(N/N=C/c2ccc3c(c2)OCO3)c(Cl)c1. The molecule has 0 fully saturated rings. The summed E-state index contributed by atoms with van der Waals surface area (Å²) in [7, 11) is 0. The van der Waals surface area contributed by atoms with Crippen LogP contribution >= 0.6 is 23.2 Å². The van der Waals surface area contributed by atoms with E-state index in [-0.39, 0.29) is 6.79 Å². The van der Waals surface area contributed by atoms with Crippen LogP contribution in [-0.4, -0.2) is 18.0 Å². The van der Waals surface area contributed by atoms with Gasteiger partial charge in [0, 0.05) is 6.20 Å². The number of nitrogens with zero attached hydrogens (tertiary/aromatic N) is 2. The Kier molecular flexibility index (Phi) is 3.62. The zero-order chi connectivity index (χ0) is 13.9. The molecule has 0 bridgehead atoms. The predicted molar refractivity (Wildman–Crippen MR) is 78.0 cm³/mol. The average Bonchev–Trinajstić information content (AvgIpc) is 2.89. The highest BCUT2D eigenvalue weighted by atomic mass is 35.5. The van der Waals surface area contributed by atoms with Gasteiger partial charge in [-0.25, -0.2) is 4.98 Å². The van der Waals surface area contributed by atoms with E-state index < -0.39 is 0 Å². The lowest BCUT2D eigenvalue weighted by Gasteiger charge is -2.02. The molecule has 0 amide bonds. The van der Waals surface area contributed by atoms with Crippen LogP contribution in [0, 0.1) is 0 Å². The highest BCUT2D eigenvalue weighted by Gasteiger charge is 2.12. The largest absolute Gasteiger partial charge is 0.454 e. The van der Waals surface area contributed by atoms with Gasteiger partial charge in [0.05, 0.1) is 16.3 Å². The normalized spacial score (nSPS) is 12.9. The first kappa shape index (κ1) is 13.0. The summed E-state index contributed by atoms with van der Waals surface area (Å²) in [5.74, 6) is 1.88. The number of nitrogens with one attached hydrogen (secondary N) is 1. The van der Waals surface area contributed by atoms with Gasteiger partial charge in [-0.2, -0.15) is 5.10 Å². The molecule has 0 radical (unpaired) electrons. The summed E-state index contributed by atoms with van der Waals surface area (Å²) in [4.78, 5) is 4.03. The van der Waals surface area contributed by atoms with Crippen LogP contribution in [0.3, 0.4) is 0 Å². The molecule has 0 spiro atoms. The van der Waals surface area contributed by atoms with Gasteiger partial charge in [0.1, 0.15) is 0 Å². The third-order valence-corrected chi connectivity index (χ3v) is 3.08. The van der Waals surface area contributed by atoms with E-state index in [1.165, 1.54) is 6.20 Å². The van der Waals surface area contributed by atoms with E-state index in [4.69, 9.17) is 32.7 Å². The van der Waals surface area contributed by atoms with Gasteiger partial charge in [0.2, 0.25) is 6.79 Å². The lowest BCUT2D eigenvalue weighted by molar-refractivity contribution is 0.174. The van der Waals surface area contributed by atoms with Crippen molar-refractivity contribution in [3.63, 3.8) is 0 Å². The van der Waals surface area contributed by atoms with Crippen LogP contribution in [0.5, 0.6) is 11.5 Å². The van der Waals surface area contributed by atoms with Gasteiger partial charge >= 0.3 is 0 Å². The van der Waals surface area contributed by atoms with Crippen molar-refractivity contribution in [3.05, 3.63) is 46.1 Å². The van der Waals surface area contributed by atoms with Crippen molar-refractivity contribution in [1.29, 1.82) is 0 Å². The smallest absolute Gasteiger partial charge is 0.231 e. The highest BCUT2D eigenvalue weighted by molar-refractivity contribution is 6.35. The molecule has 0 unspecified atom stereocenters. The fourth-order valence-electron chi connectivity index (χ4n) is 1.66. The van der Waals surface area contributed by atoms with Gasteiger partial charge in [-0.1, -0.05) is 23.2 Å². The van der Waals surface area contributed by atoms with Gasteiger partial charge in [-0.05, 0) is 29.8 Å². The van der Waals surface area contributed by atoms with Crippen LogP contribution in [-0.2, 0) is 0 Å². The molecule has 0 atom stereocenters. The van der Waals surface area contributed by atoms with Crippen molar-refractivity contribution >= 4 is 35.2 Å². The second kappa shape index (κ2) is 5.56. The van der Waals surface area contributed by atoms with Crippen LogP contribution in [0.25, 0.3) is 0 Å². The van der Waals surface area contributed by atoms with Gasteiger partial charge in [-0.15, -0.1) is 0 Å². The fourth-order valence-corrected chi connectivity index (χ4v) is 2.08. The molecular weight excluding hydrogens is 301 g/mol. The summed E-state index contributed by atoms with van der Waals surface area (Å²) in [5.41, 5.74) is 3.62. The van der Waals surface area contributed by atoms with E-state index in [1.54, 1.807) is 12.3 Å². The van der Waals surface area contributed by atoms with Crippen LogP contribution < -0.4 is 14.9 Å². The molecule has 5 nitrogen and oxygen atoms in total. The highest BCUT2D eigenvalue weighted by Crippen LogP contribution is 2.32. The van der Waals surface area contributed by atoms with Crippen LogP contribution in [0.15, 0.2) is 35.6 Å². The Morgan fingerprint density at radius 3 is 2.90 bits per heavy atom. The van der Waals surface area contributed by atoms with Crippen molar-refractivity contribution in [2.45, 2.75) is 0 Å². The molecule has 1 aromatic heterocycles. The van der Waals surface area contributed by atoms with Crippen molar-refractivity contribution in [1.82, 2.24) is 4.98 Å². The lowest BCUT2D eigenvalue weighted by Crippen LogP contribution is -1.94. The van der Waals surface area contributed by atoms with Gasteiger partial charge < -0.3 is 9.47 Å². The van der Waals surface area contributed by atoms with Crippen molar-refractivity contribution in [2.75, 3.05) is 12.2 Å². The van der Waals surface area contributed by atoms with E-state index in [9.17, 15) is 0 Å². The van der Waals surface area contributed by atoms with Gasteiger partial charge in [0.15, 0.2) is 17.3 Å². The number of benzene rings is 1. The summed E-state index contributed by atoms with van der Waals surface area (Å²) < 4.78 is 10.5. The monoisotopic (exact) mass is 309 g/mol. The molecule has 1 aliphatic rings. The molecule has 1 aromatic carbocycles. The molecule has 2 heterocycles. The second-order valence-electron chi connectivity index (χ2n) is 3.97. The van der Waals surface area contributed by atoms with E-state index in [0.29, 0.717) is 21.6 Å². The molecule has 102 valence electrons. The predicted octanol–water partition coefficient (Wildman–Crippen LogP) is 3.56. The Balaban J connectivity index is 1.71. The number of aromatic nitrogens is 1. The number of anilines is 1. The van der Waals surface area contributed by atoms with E-state index in [2.05, 4.69) is 15.5 Å². The van der Waals surface area contributed by atoms with E-state index in [0.717, 1.165) is 11.3 Å². The average molecular weight is 310 g/mol.